The summed E-state index contributed by atoms with van der Waals surface area (Å²) < 4.78 is 0. The molecule has 0 aliphatic heterocycles. The first kappa shape index (κ1) is 14.6. The Labute approximate surface area is 121 Å². The van der Waals surface area contributed by atoms with E-state index in [4.69, 9.17) is 0 Å². The summed E-state index contributed by atoms with van der Waals surface area (Å²) in [7, 11) is 0. The molecule has 1 unspecified atom stereocenters. The molecule has 0 aliphatic rings. The number of hydrogen-bond donors (Lipinski definition) is 3. The number of rotatable bonds is 5. The zero-order valence-corrected chi connectivity index (χ0v) is 12.0. The van der Waals surface area contributed by atoms with E-state index in [1.54, 1.807) is 12.1 Å². The lowest BCUT2D eigenvalue weighted by Gasteiger charge is -2.12. The standard InChI is InChI=1S/C15H17NO3S/c1-2-10-3-4-13(17)12(7-10)15(19)16-8-14(18)11-5-6-20-9-11/h3-7,9,14,17-18H,2,8H2,1H3,(H,16,19). The van der Waals surface area contributed by atoms with Gasteiger partial charge in [-0.3, -0.25) is 4.79 Å². The van der Waals surface area contributed by atoms with Gasteiger partial charge in [-0.05, 0) is 46.5 Å². The normalized spacial score (nSPS) is 12.1. The summed E-state index contributed by atoms with van der Waals surface area (Å²) >= 11 is 1.49. The van der Waals surface area contributed by atoms with E-state index in [9.17, 15) is 15.0 Å². The maximum Gasteiger partial charge on any atom is 0.255 e. The zero-order chi connectivity index (χ0) is 14.5. The molecule has 20 heavy (non-hydrogen) atoms. The van der Waals surface area contributed by atoms with Gasteiger partial charge in [0, 0.05) is 6.54 Å². The zero-order valence-electron chi connectivity index (χ0n) is 11.2. The lowest BCUT2D eigenvalue weighted by molar-refractivity contribution is 0.0914. The number of phenolic OH excluding ortho intramolecular Hbond substituents is 1. The van der Waals surface area contributed by atoms with Crippen molar-refractivity contribution in [2.45, 2.75) is 19.4 Å². The molecular formula is C15H17NO3S. The third-order valence-electron chi connectivity index (χ3n) is 3.10. The molecule has 0 bridgehead atoms. The van der Waals surface area contributed by atoms with Crippen LogP contribution in [0.2, 0.25) is 0 Å². The monoisotopic (exact) mass is 291 g/mol. The van der Waals surface area contributed by atoms with Crippen LogP contribution in [0.3, 0.4) is 0 Å². The van der Waals surface area contributed by atoms with Crippen LogP contribution in [-0.2, 0) is 6.42 Å². The van der Waals surface area contributed by atoms with Crippen molar-refractivity contribution in [2.24, 2.45) is 0 Å². The third kappa shape index (κ3) is 3.37. The van der Waals surface area contributed by atoms with Gasteiger partial charge in [0.1, 0.15) is 5.75 Å². The predicted molar refractivity (Wildman–Crippen MR) is 79.1 cm³/mol. The molecule has 0 aliphatic carbocycles. The van der Waals surface area contributed by atoms with E-state index < -0.39 is 6.10 Å². The molecule has 0 saturated heterocycles. The van der Waals surface area contributed by atoms with Gasteiger partial charge in [-0.15, -0.1) is 0 Å². The highest BCUT2D eigenvalue weighted by atomic mass is 32.1. The largest absolute Gasteiger partial charge is 0.507 e. The molecule has 1 aromatic carbocycles. The number of benzene rings is 1. The molecule has 1 heterocycles. The van der Waals surface area contributed by atoms with Crippen molar-refractivity contribution in [1.82, 2.24) is 5.32 Å². The molecular weight excluding hydrogens is 274 g/mol. The second kappa shape index (κ2) is 6.54. The van der Waals surface area contributed by atoms with Crippen LogP contribution in [0.5, 0.6) is 5.75 Å². The van der Waals surface area contributed by atoms with E-state index in [1.807, 2.05) is 23.8 Å². The van der Waals surface area contributed by atoms with Gasteiger partial charge in [0.2, 0.25) is 0 Å². The summed E-state index contributed by atoms with van der Waals surface area (Å²) in [6.07, 6.45) is 0.0552. The lowest BCUT2D eigenvalue weighted by atomic mass is 10.1. The maximum atomic E-state index is 12.0. The number of carbonyl (C=O) groups is 1. The van der Waals surface area contributed by atoms with Crippen molar-refractivity contribution >= 4 is 17.2 Å². The van der Waals surface area contributed by atoms with Crippen LogP contribution in [-0.4, -0.2) is 22.7 Å². The van der Waals surface area contributed by atoms with Gasteiger partial charge in [0.05, 0.1) is 11.7 Å². The molecule has 3 N–H and O–H groups in total. The molecule has 5 heteroatoms. The van der Waals surface area contributed by atoms with Crippen LogP contribution in [0.4, 0.5) is 0 Å². The fraction of sp³-hybridized carbons (Fsp3) is 0.267. The van der Waals surface area contributed by atoms with E-state index >= 15 is 0 Å². The Hall–Kier alpha value is -1.85. The summed E-state index contributed by atoms with van der Waals surface area (Å²) in [6.45, 7) is 2.10. The minimum atomic E-state index is -0.735. The van der Waals surface area contributed by atoms with Gasteiger partial charge in [-0.1, -0.05) is 13.0 Å². The first-order valence-electron chi connectivity index (χ1n) is 6.42. The molecule has 0 spiro atoms. The van der Waals surface area contributed by atoms with E-state index in [2.05, 4.69) is 5.32 Å². The van der Waals surface area contributed by atoms with Gasteiger partial charge in [-0.25, -0.2) is 0 Å². The summed E-state index contributed by atoms with van der Waals surface area (Å²) in [6, 6.07) is 6.79. The van der Waals surface area contributed by atoms with Crippen molar-refractivity contribution in [3.05, 3.63) is 51.7 Å². The number of aliphatic hydroxyl groups is 1. The van der Waals surface area contributed by atoms with Crippen molar-refractivity contribution in [3.63, 3.8) is 0 Å². The average Bonchev–Trinajstić information content (AvgIpc) is 2.99. The summed E-state index contributed by atoms with van der Waals surface area (Å²) in [4.78, 5) is 12.0. The maximum absolute atomic E-state index is 12.0. The Bertz CT molecular complexity index is 581. The van der Waals surface area contributed by atoms with E-state index in [0.717, 1.165) is 17.5 Å². The Balaban J connectivity index is 2.01. The van der Waals surface area contributed by atoms with Crippen molar-refractivity contribution in [1.29, 1.82) is 0 Å². The first-order valence-corrected chi connectivity index (χ1v) is 7.36. The first-order chi connectivity index (χ1) is 9.61. The molecule has 1 aromatic heterocycles. The molecule has 0 radical (unpaired) electrons. The molecule has 1 atom stereocenters. The highest BCUT2D eigenvalue weighted by molar-refractivity contribution is 7.07. The summed E-state index contributed by atoms with van der Waals surface area (Å²) in [5.74, 6) is -0.434. The minimum Gasteiger partial charge on any atom is -0.507 e. The van der Waals surface area contributed by atoms with Crippen LogP contribution in [0.25, 0.3) is 0 Å². The summed E-state index contributed by atoms with van der Waals surface area (Å²) in [5.41, 5.74) is 2.00. The lowest BCUT2D eigenvalue weighted by Crippen LogP contribution is -2.28. The van der Waals surface area contributed by atoms with Crippen LogP contribution >= 0.6 is 11.3 Å². The fourth-order valence-corrected chi connectivity index (χ4v) is 2.56. The van der Waals surface area contributed by atoms with E-state index in [0.29, 0.717) is 0 Å². The number of aliphatic hydroxyl groups excluding tert-OH is 1. The number of hydrogen-bond acceptors (Lipinski definition) is 4. The molecule has 106 valence electrons. The van der Waals surface area contributed by atoms with E-state index in [1.165, 1.54) is 17.4 Å². The number of thiophene rings is 1. The van der Waals surface area contributed by atoms with Crippen LogP contribution in [0, 0.1) is 0 Å². The molecule has 0 saturated carbocycles. The molecule has 2 rings (SSSR count). The van der Waals surface area contributed by atoms with Gasteiger partial charge in [0.15, 0.2) is 0 Å². The van der Waals surface area contributed by atoms with Gasteiger partial charge in [-0.2, -0.15) is 11.3 Å². The highest BCUT2D eigenvalue weighted by Crippen LogP contribution is 2.19. The fourth-order valence-electron chi connectivity index (χ4n) is 1.85. The van der Waals surface area contributed by atoms with Crippen LogP contribution < -0.4 is 5.32 Å². The van der Waals surface area contributed by atoms with E-state index in [-0.39, 0.29) is 23.8 Å². The number of phenols is 1. The number of aromatic hydroxyl groups is 1. The Morgan fingerprint density at radius 1 is 1.40 bits per heavy atom. The number of carbonyl (C=O) groups excluding carboxylic acids is 1. The molecule has 4 nitrogen and oxygen atoms in total. The molecule has 1 amide bonds. The van der Waals surface area contributed by atoms with Gasteiger partial charge < -0.3 is 15.5 Å². The predicted octanol–water partition coefficient (Wildman–Crippen LogP) is 2.48. The van der Waals surface area contributed by atoms with Crippen molar-refractivity contribution < 1.29 is 15.0 Å². The molecule has 0 fully saturated rings. The minimum absolute atomic E-state index is 0.0512. The number of aryl methyl sites for hydroxylation is 1. The SMILES string of the molecule is CCc1ccc(O)c(C(=O)NCC(O)c2ccsc2)c1. The van der Waals surface area contributed by atoms with Gasteiger partial charge in [0.25, 0.3) is 5.91 Å². The Morgan fingerprint density at radius 3 is 2.85 bits per heavy atom. The number of amides is 1. The van der Waals surface area contributed by atoms with Crippen LogP contribution in [0.1, 0.15) is 34.5 Å². The Morgan fingerprint density at radius 2 is 2.20 bits per heavy atom. The quantitative estimate of drug-likeness (QED) is 0.792. The number of nitrogens with one attached hydrogen (secondary N) is 1. The molecule has 2 aromatic rings. The second-order valence-corrected chi connectivity index (χ2v) is 5.27. The highest BCUT2D eigenvalue weighted by Gasteiger charge is 2.14. The van der Waals surface area contributed by atoms with Crippen molar-refractivity contribution in [2.75, 3.05) is 6.54 Å². The second-order valence-electron chi connectivity index (χ2n) is 4.49. The smallest absolute Gasteiger partial charge is 0.255 e. The Kier molecular flexibility index (Phi) is 4.76. The average molecular weight is 291 g/mol. The third-order valence-corrected chi connectivity index (χ3v) is 3.80. The van der Waals surface area contributed by atoms with Crippen LogP contribution in [0.15, 0.2) is 35.0 Å². The van der Waals surface area contributed by atoms with Crippen molar-refractivity contribution in [3.8, 4) is 5.75 Å². The topological polar surface area (TPSA) is 69.6 Å². The van der Waals surface area contributed by atoms with Gasteiger partial charge >= 0.3 is 0 Å². The summed E-state index contributed by atoms with van der Waals surface area (Å²) in [5, 5.41) is 26.0.